The highest BCUT2D eigenvalue weighted by Gasteiger charge is 2.24. The van der Waals surface area contributed by atoms with E-state index in [2.05, 4.69) is 46.1 Å². The molecule has 3 nitrogen and oxygen atoms in total. The Kier molecular flexibility index (Phi) is 3.85. The number of aromatic nitrogens is 2. The summed E-state index contributed by atoms with van der Waals surface area (Å²) in [4.78, 5) is 11.1. The molecule has 2 heterocycles. The molecule has 1 aliphatic heterocycles. The minimum atomic E-state index is 0.495. The second kappa shape index (κ2) is 5.62. The number of fused-ring (bicyclic) bond motifs is 1. The van der Waals surface area contributed by atoms with Crippen LogP contribution in [0.5, 0.6) is 0 Å². The van der Waals surface area contributed by atoms with E-state index in [-0.39, 0.29) is 0 Å². The van der Waals surface area contributed by atoms with E-state index in [1.165, 1.54) is 23.0 Å². The van der Waals surface area contributed by atoms with Gasteiger partial charge in [0.25, 0.3) is 0 Å². The lowest BCUT2D eigenvalue weighted by Gasteiger charge is -2.34. The van der Waals surface area contributed by atoms with Crippen LogP contribution in [-0.4, -0.2) is 22.8 Å². The molecule has 0 amide bonds. The maximum Gasteiger partial charge on any atom is 0.190 e. The van der Waals surface area contributed by atoms with E-state index >= 15 is 0 Å². The van der Waals surface area contributed by atoms with Gasteiger partial charge in [0.15, 0.2) is 5.16 Å². The van der Waals surface area contributed by atoms with Gasteiger partial charge in [-0.2, -0.15) is 0 Å². The van der Waals surface area contributed by atoms with Crippen molar-refractivity contribution in [2.45, 2.75) is 18.5 Å². The van der Waals surface area contributed by atoms with Crippen LogP contribution in [-0.2, 0) is 6.42 Å². The quantitative estimate of drug-likeness (QED) is 0.473. The monoisotopic (exact) mass is 305 g/mol. The molecular formula is C15H16ClN3S. The van der Waals surface area contributed by atoms with Gasteiger partial charge in [0.05, 0.1) is 0 Å². The van der Waals surface area contributed by atoms with Gasteiger partial charge in [0.1, 0.15) is 11.0 Å². The number of rotatable bonds is 2. The van der Waals surface area contributed by atoms with Gasteiger partial charge < -0.3 is 4.90 Å². The molecule has 0 saturated heterocycles. The number of benzene rings is 1. The lowest BCUT2D eigenvalue weighted by atomic mass is 9.94. The zero-order chi connectivity index (χ0) is 14.1. The van der Waals surface area contributed by atoms with Crippen LogP contribution in [0.2, 0.25) is 5.15 Å². The number of hydrogen-bond donors (Lipinski definition) is 0. The second-order valence-electron chi connectivity index (χ2n) is 5.08. The number of hydrogen-bond acceptors (Lipinski definition) is 4. The van der Waals surface area contributed by atoms with Gasteiger partial charge in [-0.3, -0.25) is 0 Å². The van der Waals surface area contributed by atoms with Crippen LogP contribution in [0.3, 0.4) is 0 Å². The van der Waals surface area contributed by atoms with Crippen molar-refractivity contribution in [1.82, 2.24) is 9.97 Å². The third kappa shape index (κ3) is 2.63. The van der Waals surface area contributed by atoms with Crippen LogP contribution in [0.4, 0.5) is 11.5 Å². The minimum Gasteiger partial charge on any atom is -0.326 e. The molecule has 2 aromatic rings. The van der Waals surface area contributed by atoms with Crippen LogP contribution in [0.25, 0.3) is 0 Å². The molecule has 1 aromatic carbocycles. The van der Waals surface area contributed by atoms with Crippen LogP contribution in [0.15, 0.2) is 35.5 Å². The van der Waals surface area contributed by atoms with Crippen LogP contribution in [0.1, 0.15) is 12.5 Å². The van der Waals surface area contributed by atoms with Gasteiger partial charge in [0, 0.05) is 18.3 Å². The first-order chi connectivity index (χ1) is 9.67. The number of thioether (sulfide) groups is 1. The molecule has 0 N–H and O–H groups in total. The molecule has 1 unspecified atom stereocenters. The summed E-state index contributed by atoms with van der Waals surface area (Å²) in [5, 5.41) is 1.21. The van der Waals surface area contributed by atoms with Gasteiger partial charge in [-0.15, -0.1) is 0 Å². The maximum atomic E-state index is 6.12. The number of nitrogens with zero attached hydrogens (tertiary/aromatic N) is 3. The first-order valence-electron chi connectivity index (χ1n) is 6.61. The summed E-state index contributed by atoms with van der Waals surface area (Å²) in [5.41, 5.74) is 2.60. The van der Waals surface area contributed by atoms with Crippen molar-refractivity contribution in [3.63, 3.8) is 0 Å². The predicted octanol–water partition coefficient (Wildman–Crippen LogP) is 4.18. The van der Waals surface area contributed by atoms with E-state index in [0.717, 1.165) is 18.8 Å². The molecule has 0 radical (unpaired) electrons. The lowest BCUT2D eigenvalue weighted by molar-refractivity contribution is 0.559. The minimum absolute atomic E-state index is 0.495. The molecule has 1 aliphatic rings. The molecule has 5 heteroatoms. The summed E-state index contributed by atoms with van der Waals surface area (Å²) in [6.07, 6.45) is 3.07. The topological polar surface area (TPSA) is 29.0 Å². The third-order valence-corrected chi connectivity index (χ3v) is 4.21. The highest BCUT2D eigenvalue weighted by molar-refractivity contribution is 7.98. The zero-order valence-corrected chi connectivity index (χ0v) is 13.1. The van der Waals surface area contributed by atoms with Crippen molar-refractivity contribution in [1.29, 1.82) is 0 Å². The maximum absolute atomic E-state index is 6.12. The summed E-state index contributed by atoms with van der Waals surface area (Å²) in [5.74, 6) is 1.48. The van der Waals surface area contributed by atoms with Crippen LogP contribution >= 0.6 is 23.4 Å². The molecular weight excluding hydrogens is 290 g/mol. The van der Waals surface area contributed by atoms with E-state index in [1.54, 1.807) is 0 Å². The van der Waals surface area contributed by atoms with Crippen LogP contribution < -0.4 is 4.90 Å². The standard InChI is InChI=1S/C15H16ClN3S/c1-10-7-11-5-3-4-6-12(11)19(9-10)14-8-13(16)17-15(18-14)20-2/h3-6,8,10H,7,9H2,1-2H3. The molecule has 0 fully saturated rings. The Balaban J connectivity index is 2.08. The Morgan fingerprint density at radius 3 is 2.90 bits per heavy atom. The van der Waals surface area contributed by atoms with E-state index in [4.69, 9.17) is 11.6 Å². The Bertz CT molecular complexity index is 632. The fourth-order valence-corrected chi connectivity index (χ4v) is 3.23. The fraction of sp³-hybridized carbons (Fsp3) is 0.333. The second-order valence-corrected chi connectivity index (χ2v) is 6.24. The first-order valence-corrected chi connectivity index (χ1v) is 8.21. The van der Waals surface area contributed by atoms with Crippen LogP contribution in [0, 0.1) is 5.92 Å². The Labute approximate surface area is 128 Å². The van der Waals surface area contributed by atoms with Gasteiger partial charge in [-0.05, 0) is 30.2 Å². The van der Waals surface area contributed by atoms with Crippen molar-refractivity contribution in [3.8, 4) is 0 Å². The Hall–Kier alpha value is -1.26. The molecule has 1 atom stereocenters. The molecule has 3 rings (SSSR count). The predicted molar refractivity (Wildman–Crippen MR) is 85.1 cm³/mol. The van der Waals surface area contributed by atoms with Crippen molar-refractivity contribution < 1.29 is 0 Å². The molecule has 104 valence electrons. The molecule has 0 aliphatic carbocycles. The Morgan fingerprint density at radius 1 is 1.30 bits per heavy atom. The smallest absolute Gasteiger partial charge is 0.190 e. The van der Waals surface area contributed by atoms with Gasteiger partial charge >= 0.3 is 0 Å². The van der Waals surface area contributed by atoms with Gasteiger partial charge in [-0.1, -0.05) is 48.5 Å². The van der Waals surface area contributed by atoms with Crippen molar-refractivity contribution in [2.75, 3.05) is 17.7 Å². The summed E-state index contributed by atoms with van der Waals surface area (Å²) in [6.45, 7) is 3.22. The van der Waals surface area contributed by atoms with E-state index < -0.39 is 0 Å². The molecule has 0 spiro atoms. The number of anilines is 2. The molecule has 0 saturated carbocycles. The summed E-state index contributed by atoms with van der Waals surface area (Å²) in [6, 6.07) is 10.3. The molecule has 0 bridgehead atoms. The Morgan fingerprint density at radius 2 is 2.10 bits per heavy atom. The highest BCUT2D eigenvalue weighted by atomic mass is 35.5. The third-order valence-electron chi connectivity index (χ3n) is 3.47. The summed E-state index contributed by atoms with van der Waals surface area (Å²) < 4.78 is 0. The highest BCUT2D eigenvalue weighted by Crippen LogP contribution is 2.35. The molecule has 20 heavy (non-hydrogen) atoms. The largest absolute Gasteiger partial charge is 0.326 e. The van der Waals surface area contributed by atoms with Crippen molar-refractivity contribution in [2.24, 2.45) is 5.92 Å². The average molecular weight is 306 g/mol. The fourth-order valence-electron chi connectivity index (χ4n) is 2.63. The van der Waals surface area contributed by atoms with Crippen molar-refractivity contribution >= 4 is 34.9 Å². The summed E-state index contributed by atoms with van der Waals surface area (Å²) >= 11 is 7.63. The average Bonchev–Trinajstić information content (AvgIpc) is 2.45. The lowest BCUT2D eigenvalue weighted by Crippen LogP contribution is -2.31. The SMILES string of the molecule is CSc1nc(Cl)cc(N2CC(C)Cc3ccccc32)n1. The van der Waals surface area contributed by atoms with E-state index in [9.17, 15) is 0 Å². The molecule has 1 aromatic heterocycles. The van der Waals surface area contributed by atoms with Gasteiger partial charge in [0.2, 0.25) is 0 Å². The van der Waals surface area contributed by atoms with Crippen molar-refractivity contribution in [3.05, 3.63) is 41.0 Å². The van der Waals surface area contributed by atoms with E-state index in [1.807, 2.05) is 12.3 Å². The number of halogens is 1. The zero-order valence-electron chi connectivity index (χ0n) is 11.5. The number of para-hydroxylation sites is 1. The van der Waals surface area contributed by atoms with Gasteiger partial charge in [-0.25, -0.2) is 9.97 Å². The first kappa shape index (κ1) is 13.7. The normalized spacial score (nSPS) is 17.9. The summed E-state index contributed by atoms with van der Waals surface area (Å²) in [7, 11) is 0. The van der Waals surface area contributed by atoms with E-state index in [0.29, 0.717) is 16.2 Å².